The third kappa shape index (κ3) is 46.0. The van der Waals surface area contributed by atoms with E-state index in [1.807, 2.05) is 158 Å². The number of carboxylic acid groups (broad SMARTS) is 3. The van der Waals surface area contributed by atoms with Gasteiger partial charge in [-0.2, -0.15) is 0 Å². The van der Waals surface area contributed by atoms with Crippen molar-refractivity contribution in [2.75, 3.05) is 144 Å². The Morgan fingerprint density at radius 3 is 1.06 bits per heavy atom. The largest absolute Gasteiger partial charge is 0.497 e. The summed E-state index contributed by atoms with van der Waals surface area (Å²) in [7, 11) is 18.2. The van der Waals surface area contributed by atoms with Gasteiger partial charge in [0.1, 0.15) is 72.2 Å². The molecule has 0 amide bonds. The first kappa shape index (κ1) is 116. The number of methoxy groups -OCH3 is 11. The molecule has 28 nitrogen and oxygen atoms in total. The molecule has 0 saturated carbocycles. The lowest BCUT2D eigenvalue weighted by Gasteiger charge is -2.26. The third-order valence-electron chi connectivity index (χ3n) is 20.6. The fourth-order valence-electron chi connectivity index (χ4n) is 13.3. The predicted molar refractivity (Wildman–Crippen MR) is 542 cm³/mol. The highest BCUT2D eigenvalue weighted by Crippen LogP contribution is 2.39. The Bertz CT molecular complexity index is 5260. The van der Waals surface area contributed by atoms with E-state index in [0.29, 0.717) is 130 Å². The molecule has 0 aliphatic carbocycles. The Hall–Kier alpha value is -13.6. The zero-order valence-electron chi connectivity index (χ0n) is 81.6. The monoisotopic (exact) mass is 1940 g/mol. The van der Waals surface area contributed by atoms with Crippen molar-refractivity contribution in [1.29, 1.82) is 0 Å². The number of carboxylic acids is 3. The number of ketones is 1. The molecule has 0 radical (unpaired) electrons. The predicted octanol–water partition coefficient (Wildman–Crippen LogP) is 20.3. The summed E-state index contributed by atoms with van der Waals surface area (Å²) in [6, 6.07) is 68.4. The molecule has 0 fully saturated rings. The van der Waals surface area contributed by atoms with Crippen molar-refractivity contribution in [2.45, 2.75) is 116 Å². The minimum Gasteiger partial charge on any atom is -0.497 e. The van der Waals surface area contributed by atoms with E-state index in [1.165, 1.54) is 17.2 Å². The zero-order chi connectivity index (χ0) is 99.5. The van der Waals surface area contributed by atoms with Crippen LogP contribution in [0.25, 0.3) is 18.2 Å². The van der Waals surface area contributed by atoms with E-state index in [4.69, 9.17) is 106 Å². The topological polar surface area (TPSA) is 350 Å². The van der Waals surface area contributed by atoms with Gasteiger partial charge in [0, 0.05) is 115 Å². The standard InChI is InChI=1S/C32H38O6.C31H37NO5.C16H19NO2.C15H20O5.C13H18O4.C3H4O4.ClH/c1-34-20-7-8-21-37-31-23-29(35-2)18-16-27(31)15-17-28(33)13-9-12-25-14-19-30(36-3)32(22-25)38-24-26-10-5-4-6-11-26;1-33-17-7-8-18-36-29-20-26(34-2)13-11-24(29)12-14-28-27-21-30(35-3)31(19-25(27)15-16-32-28)37-22-23-9-5-4-6-10-23;1-18-15-8-7-13(9-10-17)11-16(15)19-12-14-5-3-2-4-6-14;1-18-9-3-4-10-20-14-11-13(19-2)7-5-12(14)6-8-15(16)17;1-15-7-3-4-8-17-13-9-12(16-2)6-5-11(13)10-14;4-2(5)1-3(6)7;/h4-6,10-11,14-19,22-23H,7-9,12-13,20-21,24H2,1-3H3;4-6,9-14,19-21,28,32H,7-8,15-18,22H2,1-3H3;2-8,11H,9-10,12,17H2,1H3;5-8,11H,3-4,9-10H2,1-2H3,(H,16,17);5-6,9-10H,3-4,7-8H2,1-2H3;1H2,(H,4,5)(H,6,7);1H/b17-15+;14-12+;;8-6+;;;. The summed E-state index contributed by atoms with van der Waals surface area (Å²) in [5.41, 5.74) is 16.8. The van der Waals surface area contributed by atoms with E-state index in [0.717, 1.165) is 183 Å². The number of benzene rings is 10. The second kappa shape index (κ2) is 70.1. The molecule has 1 unspecified atom stereocenters. The molecule has 1 atom stereocenters. The summed E-state index contributed by atoms with van der Waals surface area (Å²) < 4.78 is 98.9. The van der Waals surface area contributed by atoms with Crippen LogP contribution in [0.3, 0.4) is 0 Å². The Labute approximate surface area is 823 Å². The van der Waals surface area contributed by atoms with Crippen molar-refractivity contribution >= 4 is 60.6 Å². The van der Waals surface area contributed by atoms with Crippen LogP contribution in [0.2, 0.25) is 0 Å². The number of allylic oxidation sites excluding steroid dienone is 1. The van der Waals surface area contributed by atoms with Gasteiger partial charge in [0.05, 0.1) is 87.8 Å². The van der Waals surface area contributed by atoms with Crippen LogP contribution in [0.15, 0.2) is 231 Å². The normalized spacial score (nSPS) is 11.5. The second-order valence-electron chi connectivity index (χ2n) is 30.8. The maximum atomic E-state index is 12.6. The number of fused-ring (bicyclic) bond motifs is 1. The number of rotatable bonds is 55. The molecule has 0 bridgehead atoms. The summed E-state index contributed by atoms with van der Waals surface area (Å²) in [5, 5.41) is 27.7. The number of ether oxygens (including phenoxy) is 18. The molecule has 10 aromatic rings. The molecule has 11 rings (SSSR count). The van der Waals surface area contributed by atoms with Crippen LogP contribution < -0.4 is 77.4 Å². The van der Waals surface area contributed by atoms with Gasteiger partial charge in [-0.1, -0.05) is 115 Å². The average molecular weight is 1940 g/mol. The molecular formula is C110H137ClN2O26. The molecular weight excluding hydrogens is 1800 g/mol. The van der Waals surface area contributed by atoms with Gasteiger partial charge in [0.2, 0.25) is 0 Å². The van der Waals surface area contributed by atoms with Gasteiger partial charge in [-0.05, 0) is 226 Å². The Morgan fingerprint density at radius 1 is 0.353 bits per heavy atom. The van der Waals surface area contributed by atoms with E-state index in [-0.39, 0.29) is 24.2 Å². The SMILES string of the molecule is COCCCCOc1cc(OC)ccc1/C=C/C(=O)CCCc1ccc(OC)c(OCc2ccccc2)c1.COCCCCOc1cc(OC)ccc1/C=C/C(=O)O.COCCCCOc1cc(OC)ccc1/C=C/C1NCCc2cc(OCc3ccccc3)c(OC)cc21.COCCCCOc1cc(OC)ccc1C=O.COc1ccc(CCN)cc1OCc1ccccc1.Cl.O=C(O)CC(=O)O. The summed E-state index contributed by atoms with van der Waals surface area (Å²) >= 11 is 0. The first-order valence-corrected chi connectivity index (χ1v) is 45.6. The van der Waals surface area contributed by atoms with Gasteiger partial charge >= 0.3 is 17.9 Å². The summed E-state index contributed by atoms with van der Waals surface area (Å²) in [6.07, 6.45) is 21.4. The van der Waals surface area contributed by atoms with Crippen LogP contribution in [-0.4, -0.2) is 189 Å². The third-order valence-corrected chi connectivity index (χ3v) is 20.6. The number of hydrogen-bond donors (Lipinski definition) is 5. The van der Waals surface area contributed by atoms with Gasteiger partial charge in [0.25, 0.3) is 0 Å². The Kier molecular flexibility index (Phi) is 58.5. The molecule has 0 saturated heterocycles. The lowest BCUT2D eigenvalue weighted by Crippen LogP contribution is -2.28. The lowest BCUT2D eigenvalue weighted by atomic mass is 9.93. The van der Waals surface area contributed by atoms with E-state index >= 15 is 0 Å². The lowest BCUT2D eigenvalue weighted by molar-refractivity contribution is -0.147. The van der Waals surface area contributed by atoms with Crippen molar-refractivity contribution in [3.63, 3.8) is 0 Å². The highest BCUT2D eigenvalue weighted by atomic mass is 35.5. The second-order valence-corrected chi connectivity index (χ2v) is 30.8. The van der Waals surface area contributed by atoms with Gasteiger partial charge in [-0.15, -0.1) is 12.4 Å². The Balaban J connectivity index is 0.000000312. The van der Waals surface area contributed by atoms with Crippen LogP contribution in [0.4, 0.5) is 0 Å². The number of halogens is 1. The highest BCUT2D eigenvalue weighted by molar-refractivity contribution is 5.94. The van der Waals surface area contributed by atoms with Gasteiger partial charge in [0.15, 0.2) is 46.6 Å². The van der Waals surface area contributed by atoms with Crippen molar-refractivity contribution in [3.05, 3.63) is 292 Å². The molecule has 29 heteroatoms. The van der Waals surface area contributed by atoms with Crippen molar-refractivity contribution in [2.24, 2.45) is 5.73 Å². The highest BCUT2D eigenvalue weighted by Gasteiger charge is 2.23. The number of unbranched alkanes of at least 4 members (excludes halogenated alkanes) is 4. The summed E-state index contributed by atoms with van der Waals surface area (Å²) in [4.78, 5) is 52.8. The maximum absolute atomic E-state index is 12.6. The molecule has 139 heavy (non-hydrogen) atoms. The fraction of sp³-hybridized carbons (Fsp3) is 0.355. The molecule has 0 aromatic heterocycles. The number of nitrogens with two attached hydrogens (primary N) is 1. The minimum atomic E-state index is -1.31. The number of aldehydes is 1. The van der Waals surface area contributed by atoms with E-state index in [1.54, 1.807) is 121 Å². The molecule has 1 aliphatic heterocycles. The van der Waals surface area contributed by atoms with Crippen LogP contribution in [0.5, 0.6) is 80.5 Å². The smallest absolute Gasteiger partial charge is 0.328 e. The Morgan fingerprint density at radius 2 is 0.712 bits per heavy atom. The summed E-state index contributed by atoms with van der Waals surface area (Å²) in [5.74, 6) is 6.40. The van der Waals surface area contributed by atoms with Crippen LogP contribution in [-0.2, 0) is 77.2 Å². The molecule has 6 N–H and O–H groups in total. The van der Waals surface area contributed by atoms with Gasteiger partial charge in [-0.25, -0.2) is 4.79 Å². The molecule has 1 aliphatic rings. The van der Waals surface area contributed by atoms with E-state index in [2.05, 4.69) is 41.7 Å². The fourth-order valence-corrected chi connectivity index (χ4v) is 13.3. The van der Waals surface area contributed by atoms with Crippen LogP contribution in [0, 0.1) is 0 Å². The van der Waals surface area contributed by atoms with E-state index < -0.39 is 24.3 Å². The van der Waals surface area contributed by atoms with Gasteiger partial charge < -0.3 is 112 Å². The number of aliphatic carboxylic acids is 3. The molecule has 750 valence electrons. The van der Waals surface area contributed by atoms with Crippen molar-refractivity contribution in [1.82, 2.24) is 5.32 Å². The van der Waals surface area contributed by atoms with Gasteiger partial charge in [-0.3, -0.25) is 19.2 Å². The number of carbonyl (C=O) groups is 5. The first-order chi connectivity index (χ1) is 67.3. The van der Waals surface area contributed by atoms with Crippen molar-refractivity contribution < 1.29 is 125 Å². The minimum absolute atomic E-state index is 0. The number of aryl methyl sites for hydroxylation is 1. The van der Waals surface area contributed by atoms with Crippen LogP contribution in [0.1, 0.15) is 143 Å². The van der Waals surface area contributed by atoms with Crippen LogP contribution >= 0.6 is 12.4 Å². The summed E-state index contributed by atoms with van der Waals surface area (Å²) in [6.45, 7) is 8.21. The van der Waals surface area contributed by atoms with E-state index in [9.17, 15) is 24.0 Å². The first-order valence-electron chi connectivity index (χ1n) is 45.6. The number of hydrogen-bond acceptors (Lipinski definition) is 25. The maximum Gasteiger partial charge on any atom is 0.328 e. The molecule has 1 heterocycles. The van der Waals surface area contributed by atoms with Crippen molar-refractivity contribution in [3.8, 4) is 80.5 Å². The number of nitrogens with one attached hydrogen (secondary N) is 1. The average Bonchev–Trinajstić information content (AvgIpc) is 0.791. The quantitative estimate of drug-likeness (QED) is 0.0102. The number of carbonyl (C=O) groups excluding carboxylic acids is 2. The molecule has 10 aromatic carbocycles. The molecule has 0 spiro atoms. The zero-order valence-corrected chi connectivity index (χ0v) is 82.5.